The summed E-state index contributed by atoms with van der Waals surface area (Å²) >= 11 is 0. The Bertz CT molecular complexity index is 147. The van der Waals surface area contributed by atoms with E-state index >= 15 is 0 Å². The average molecular weight is 187 g/mol. The molecule has 0 saturated heterocycles. The van der Waals surface area contributed by atoms with Crippen LogP contribution in [0.1, 0.15) is 48.0 Å². The summed E-state index contributed by atoms with van der Waals surface area (Å²) in [5, 5.41) is 0. The number of rotatable bonds is 5. The predicted molar refractivity (Wildman–Crippen MR) is 57.8 cm³/mol. The maximum Gasteiger partial charge on any atom is 0.0624 e. The van der Waals surface area contributed by atoms with E-state index in [1.54, 1.807) is 0 Å². The molecule has 0 rings (SSSR count). The van der Waals surface area contributed by atoms with Crippen LogP contribution in [0.2, 0.25) is 0 Å². The Hall–Kier alpha value is -0.0800. The number of nitrogens with two attached hydrogens (primary N) is 1. The van der Waals surface area contributed by atoms with Crippen molar-refractivity contribution in [2.45, 2.75) is 59.1 Å². The smallest absolute Gasteiger partial charge is 0.0624 e. The molecule has 2 nitrogen and oxygen atoms in total. The third kappa shape index (κ3) is 5.27. The van der Waals surface area contributed by atoms with Crippen molar-refractivity contribution in [1.82, 2.24) is 0 Å². The lowest BCUT2D eigenvalue weighted by Gasteiger charge is -2.31. The summed E-state index contributed by atoms with van der Waals surface area (Å²) in [4.78, 5) is 0. The van der Waals surface area contributed by atoms with Crippen molar-refractivity contribution in [3.05, 3.63) is 0 Å². The maximum absolute atomic E-state index is 5.97. The van der Waals surface area contributed by atoms with Gasteiger partial charge in [-0.2, -0.15) is 0 Å². The van der Waals surface area contributed by atoms with Crippen LogP contribution in [-0.4, -0.2) is 17.7 Å². The van der Waals surface area contributed by atoms with Gasteiger partial charge in [-0.3, -0.25) is 0 Å². The molecule has 1 atom stereocenters. The quantitative estimate of drug-likeness (QED) is 0.718. The summed E-state index contributed by atoms with van der Waals surface area (Å²) in [5.41, 5.74) is 5.81. The van der Waals surface area contributed by atoms with Gasteiger partial charge in [0.15, 0.2) is 0 Å². The van der Waals surface area contributed by atoms with Crippen LogP contribution < -0.4 is 5.73 Å². The molecule has 0 heterocycles. The molecule has 0 amide bonds. The van der Waals surface area contributed by atoms with Crippen molar-refractivity contribution in [3.63, 3.8) is 0 Å². The normalized spacial score (nSPS) is 15.9. The summed E-state index contributed by atoms with van der Waals surface area (Å²) in [5.74, 6) is 0.387. The summed E-state index contributed by atoms with van der Waals surface area (Å²) in [6, 6.07) is 0. The first-order valence-electron chi connectivity index (χ1n) is 5.12. The van der Waals surface area contributed by atoms with Crippen molar-refractivity contribution in [2.75, 3.05) is 6.61 Å². The van der Waals surface area contributed by atoms with Crippen LogP contribution in [0.4, 0.5) is 0 Å². The Labute approximate surface area is 82.8 Å². The zero-order valence-corrected chi connectivity index (χ0v) is 9.98. The molecule has 0 aliphatic heterocycles. The van der Waals surface area contributed by atoms with Gasteiger partial charge in [0.25, 0.3) is 0 Å². The van der Waals surface area contributed by atoms with Gasteiger partial charge >= 0.3 is 0 Å². The Kier molecular flexibility index (Phi) is 4.40. The second kappa shape index (κ2) is 4.43. The van der Waals surface area contributed by atoms with Gasteiger partial charge in [-0.15, -0.1) is 0 Å². The zero-order chi connectivity index (χ0) is 10.7. The second-order valence-corrected chi connectivity index (χ2v) is 5.15. The van der Waals surface area contributed by atoms with Crippen LogP contribution in [0.5, 0.6) is 0 Å². The lowest BCUT2D eigenvalue weighted by atomic mass is 9.91. The molecule has 80 valence electrons. The monoisotopic (exact) mass is 187 g/mol. The molecular weight excluding hydrogens is 162 g/mol. The standard InChI is InChI=1S/C11H25NO/c1-7-10(3,4)13-8-9(2)11(5,6)12/h9H,7-8,12H2,1-6H3. The van der Waals surface area contributed by atoms with Crippen LogP contribution in [0, 0.1) is 5.92 Å². The Balaban J connectivity index is 3.90. The molecule has 13 heavy (non-hydrogen) atoms. The first-order valence-corrected chi connectivity index (χ1v) is 5.12. The van der Waals surface area contributed by atoms with Gasteiger partial charge in [-0.1, -0.05) is 13.8 Å². The summed E-state index contributed by atoms with van der Waals surface area (Å²) in [6.45, 7) is 13.3. The fourth-order valence-electron chi connectivity index (χ4n) is 0.667. The van der Waals surface area contributed by atoms with Gasteiger partial charge in [-0.05, 0) is 40.0 Å². The van der Waals surface area contributed by atoms with E-state index in [9.17, 15) is 0 Å². The topological polar surface area (TPSA) is 35.2 Å². The molecule has 0 saturated carbocycles. The molecule has 1 unspecified atom stereocenters. The minimum Gasteiger partial charge on any atom is -0.375 e. The maximum atomic E-state index is 5.97. The van der Waals surface area contributed by atoms with Crippen molar-refractivity contribution in [2.24, 2.45) is 11.7 Å². The molecule has 0 aliphatic rings. The first-order chi connectivity index (χ1) is 5.69. The molecule has 0 bridgehead atoms. The Morgan fingerprint density at radius 3 is 2.00 bits per heavy atom. The summed E-state index contributed by atoms with van der Waals surface area (Å²) in [6.07, 6.45) is 1.03. The second-order valence-electron chi connectivity index (χ2n) is 5.15. The highest BCUT2D eigenvalue weighted by Crippen LogP contribution is 2.19. The van der Waals surface area contributed by atoms with E-state index in [-0.39, 0.29) is 11.1 Å². The average Bonchev–Trinajstić information content (AvgIpc) is 1.98. The molecular formula is C11H25NO. The van der Waals surface area contributed by atoms with Crippen molar-refractivity contribution < 1.29 is 4.74 Å². The molecule has 0 spiro atoms. The molecule has 2 N–H and O–H groups in total. The molecule has 0 aromatic carbocycles. The van der Waals surface area contributed by atoms with Crippen LogP contribution in [0.3, 0.4) is 0 Å². The van der Waals surface area contributed by atoms with Gasteiger partial charge in [0.2, 0.25) is 0 Å². The molecule has 0 aromatic heterocycles. The minimum absolute atomic E-state index is 0.0144. The third-order valence-corrected chi connectivity index (χ3v) is 2.85. The number of hydrogen-bond acceptors (Lipinski definition) is 2. The van der Waals surface area contributed by atoms with Gasteiger partial charge < -0.3 is 10.5 Å². The van der Waals surface area contributed by atoms with E-state index in [0.29, 0.717) is 5.92 Å². The minimum atomic E-state index is -0.149. The Morgan fingerprint density at radius 2 is 1.69 bits per heavy atom. The van der Waals surface area contributed by atoms with E-state index in [1.165, 1.54) is 0 Å². The first kappa shape index (κ1) is 12.9. The van der Waals surface area contributed by atoms with Gasteiger partial charge in [0, 0.05) is 5.54 Å². The Morgan fingerprint density at radius 1 is 1.23 bits per heavy atom. The van der Waals surface area contributed by atoms with E-state index in [1.807, 2.05) is 13.8 Å². The fraction of sp³-hybridized carbons (Fsp3) is 1.00. The van der Waals surface area contributed by atoms with E-state index in [0.717, 1.165) is 13.0 Å². The molecule has 0 fully saturated rings. The van der Waals surface area contributed by atoms with Gasteiger partial charge in [0.05, 0.1) is 12.2 Å². The fourth-order valence-corrected chi connectivity index (χ4v) is 0.667. The van der Waals surface area contributed by atoms with Crippen LogP contribution >= 0.6 is 0 Å². The van der Waals surface area contributed by atoms with Gasteiger partial charge in [0.1, 0.15) is 0 Å². The van der Waals surface area contributed by atoms with E-state index < -0.39 is 0 Å². The van der Waals surface area contributed by atoms with Crippen LogP contribution in [0.25, 0.3) is 0 Å². The van der Waals surface area contributed by atoms with E-state index in [2.05, 4.69) is 27.7 Å². The highest BCUT2D eigenvalue weighted by atomic mass is 16.5. The van der Waals surface area contributed by atoms with E-state index in [4.69, 9.17) is 10.5 Å². The van der Waals surface area contributed by atoms with Gasteiger partial charge in [-0.25, -0.2) is 0 Å². The summed E-state index contributed by atoms with van der Waals surface area (Å²) < 4.78 is 5.79. The van der Waals surface area contributed by atoms with Crippen LogP contribution in [0.15, 0.2) is 0 Å². The van der Waals surface area contributed by atoms with Crippen molar-refractivity contribution in [3.8, 4) is 0 Å². The number of hydrogen-bond donors (Lipinski definition) is 1. The van der Waals surface area contributed by atoms with Crippen LogP contribution in [-0.2, 0) is 4.74 Å². The lowest BCUT2D eigenvalue weighted by Crippen LogP contribution is -2.43. The third-order valence-electron chi connectivity index (χ3n) is 2.85. The SMILES string of the molecule is CCC(C)(C)OCC(C)C(C)(C)N. The number of ether oxygens (including phenoxy) is 1. The van der Waals surface area contributed by atoms with Crippen molar-refractivity contribution >= 4 is 0 Å². The highest BCUT2D eigenvalue weighted by molar-refractivity contribution is 4.79. The molecule has 2 heteroatoms. The zero-order valence-electron chi connectivity index (χ0n) is 9.98. The molecule has 0 aliphatic carbocycles. The lowest BCUT2D eigenvalue weighted by molar-refractivity contribution is -0.0437. The largest absolute Gasteiger partial charge is 0.375 e. The molecule has 0 radical (unpaired) electrons. The van der Waals surface area contributed by atoms with Crippen molar-refractivity contribution in [1.29, 1.82) is 0 Å². The highest BCUT2D eigenvalue weighted by Gasteiger charge is 2.24. The predicted octanol–water partition coefficient (Wildman–Crippen LogP) is 2.57. The summed E-state index contributed by atoms with van der Waals surface area (Å²) in [7, 11) is 0. The molecule has 0 aromatic rings.